The largest absolute Gasteiger partial charge is 0.323 e. The minimum absolute atomic E-state index is 0.165. The predicted octanol–water partition coefficient (Wildman–Crippen LogP) is 1.85. The van der Waals surface area contributed by atoms with Gasteiger partial charge in [-0.15, -0.1) is 0 Å². The van der Waals surface area contributed by atoms with Crippen molar-refractivity contribution in [3.63, 3.8) is 0 Å². The predicted molar refractivity (Wildman–Crippen MR) is 65.1 cm³/mol. The van der Waals surface area contributed by atoms with E-state index in [1.807, 2.05) is 19.9 Å². The lowest BCUT2D eigenvalue weighted by Gasteiger charge is -2.22. The number of hydrogen-bond acceptors (Lipinski definition) is 3. The molecule has 1 rings (SSSR count). The van der Waals surface area contributed by atoms with Gasteiger partial charge in [0.25, 0.3) is 0 Å². The zero-order chi connectivity index (χ0) is 12.2. The normalized spacial score (nSPS) is 14.2. The molecule has 0 radical (unpaired) electrons. The number of anilines is 1. The third kappa shape index (κ3) is 3.31. The van der Waals surface area contributed by atoms with Crippen LogP contribution in [0.2, 0.25) is 0 Å². The molecule has 1 atom stereocenters. The molecule has 0 aliphatic rings. The van der Waals surface area contributed by atoms with E-state index in [0.717, 1.165) is 12.0 Å². The van der Waals surface area contributed by atoms with E-state index in [9.17, 15) is 4.79 Å². The monoisotopic (exact) mass is 221 g/mol. The third-order valence-electron chi connectivity index (χ3n) is 2.42. The number of rotatable bonds is 4. The molecule has 0 saturated heterocycles. The molecule has 4 nitrogen and oxygen atoms in total. The second-order valence-electron chi connectivity index (χ2n) is 4.37. The van der Waals surface area contributed by atoms with Crippen molar-refractivity contribution in [2.24, 2.45) is 5.73 Å². The fraction of sp³-hybridized carbons (Fsp3) is 0.500. The highest BCUT2D eigenvalue weighted by molar-refractivity contribution is 5.97. The lowest BCUT2D eigenvalue weighted by Crippen LogP contribution is -2.48. The number of nitrogens with zero attached hydrogens (tertiary/aromatic N) is 1. The Morgan fingerprint density at radius 3 is 2.81 bits per heavy atom. The fourth-order valence-electron chi connectivity index (χ4n) is 1.53. The van der Waals surface area contributed by atoms with Crippen LogP contribution >= 0.6 is 0 Å². The lowest BCUT2D eigenvalue weighted by molar-refractivity contribution is -0.120. The summed E-state index contributed by atoms with van der Waals surface area (Å²) >= 11 is 0. The first kappa shape index (κ1) is 12.6. The fourth-order valence-corrected chi connectivity index (χ4v) is 1.53. The van der Waals surface area contributed by atoms with Crippen molar-refractivity contribution in [3.05, 3.63) is 24.0 Å². The Hall–Kier alpha value is -1.42. The Bertz CT molecular complexity index is 374. The Morgan fingerprint density at radius 2 is 2.25 bits per heavy atom. The summed E-state index contributed by atoms with van der Waals surface area (Å²) in [6.45, 7) is 5.68. The Balaban J connectivity index is 2.71. The first-order valence-electron chi connectivity index (χ1n) is 5.47. The van der Waals surface area contributed by atoms with Gasteiger partial charge in [-0.3, -0.25) is 9.78 Å². The summed E-state index contributed by atoms with van der Waals surface area (Å²) in [5.74, 6) is -0.165. The molecule has 0 bridgehead atoms. The summed E-state index contributed by atoms with van der Waals surface area (Å²) in [5, 5.41) is 2.78. The van der Waals surface area contributed by atoms with Gasteiger partial charge in [0.05, 0.1) is 17.4 Å². The number of aryl methyl sites for hydroxylation is 1. The van der Waals surface area contributed by atoms with Crippen LogP contribution in [0.5, 0.6) is 0 Å². The molecule has 1 aromatic heterocycles. The van der Waals surface area contributed by atoms with Crippen molar-refractivity contribution in [1.29, 1.82) is 0 Å². The lowest BCUT2D eigenvalue weighted by atomic mass is 9.96. The van der Waals surface area contributed by atoms with Crippen LogP contribution < -0.4 is 11.1 Å². The maximum absolute atomic E-state index is 11.9. The van der Waals surface area contributed by atoms with Gasteiger partial charge < -0.3 is 11.1 Å². The molecule has 88 valence electrons. The van der Waals surface area contributed by atoms with Gasteiger partial charge in [0.1, 0.15) is 0 Å². The molecule has 0 aliphatic heterocycles. The van der Waals surface area contributed by atoms with E-state index < -0.39 is 5.54 Å². The number of nitrogens with two attached hydrogens (primary N) is 1. The summed E-state index contributed by atoms with van der Waals surface area (Å²) in [6, 6.07) is 1.87. The SMILES string of the molecule is CCCC(C)(N)C(=O)Nc1cncc(C)c1. The summed E-state index contributed by atoms with van der Waals surface area (Å²) in [7, 11) is 0. The zero-order valence-corrected chi connectivity index (χ0v) is 10.1. The topological polar surface area (TPSA) is 68.0 Å². The molecule has 0 spiro atoms. The number of carbonyl (C=O) groups excluding carboxylic acids is 1. The summed E-state index contributed by atoms with van der Waals surface area (Å²) in [4.78, 5) is 15.9. The van der Waals surface area contributed by atoms with Crippen molar-refractivity contribution in [1.82, 2.24) is 4.98 Å². The molecular formula is C12H19N3O. The van der Waals surface area contributed by atoms with Gasteiger partial charge in [-0.2, -0.15) is 0 Å². The van der Waals surface area contributed by atoms with Gasteiger partial charge in [0.2, 0.25) is 5.91 Å². The van der Waals surface area contributed by atoms with Gasteiger partial charge in [-0.1, -0.05) is 13.3 Å². The highest BCUT2D eigenvalue weighted by Gasteiger charge is 2.27. The van der Waals surface area contributed by atoms with Crippen LogP contribution in [-0.2, 0) is 4.79 Å². The van der Waals surface area contributed by atoms with Gasteiger partial charge in [-0.05, 0) is 31.9 Å². The molecular weight excluding hydrogens is 202 g/mol. The van der Waals surface area contributed by atoms with Gasteiger partial charge in [0.15, 0.2) is 0 Å². The van der Waals surface area contributed by atoms with Crippen molar-refractivity contribution in [3.8, 4) is 0 Å². The minimum atomic E-state index is -0.821. The number of hydrogen-bond donors (Lipinski definition) is 2. The summed E-state index contributed by atoms with van der Waals surface area (Å²) in [5.41, 5.74) is 6.80. The average Bonchev–Trinajstić information content (AvgIpc) is 2.17. The quantitative estimate of drug-likeness (QED) is 0.815. The maximum atomic E-state index is 11.9. The van der Waals surface area contributed by atoms with Crippen LogP contribution in [0, 0.1) is 6.92 Å². The van der Waals surface area contributed by atoms with E-state index in [2.05, 4.69) is 10.3 Å². The molecule has 3 N–H and O–H groups in total. The van der Waals surface area contributed by atoms with E-state index in [-0.39, 0.29) is 5.91 Å². The van der Waals surface area contributed by atoms with Crippen molar-refractivity contribution in [2.75, 3.05) is 5.32 Å². The summed E-state index contributed by atoms with van der Waals surface area (Å²) in [6.07, 6.45) is 4.90. The van der Waals surface area contributed by atoms with Crippen LogP contribution in [0.15, 0.2) is 18.5 Å². The Morgan fingerprint density at radius 1 is 1.56 bits per heavy atom. The first-order chi connectivity index (χ1) is 7.45. The smallest absolute Gasteiger partial charge is 0.244 e. The van der Waals surface area contributed by atoms with Crippen LogP contribution in [0.25, 0.3) is 0 Å². The molecule has 1 amide bonds. The van der Waals surface area contributed by atoms with E-state index in [1.165, 1.54) is 0 Å². The molecule has 0 saturated carbocycles. The Labute approximate surface area is 96.3 Å². The zero-order valence-electron chi connectivity index (χ0n) is 10.1. The van der Waals surface area contributed by atoms with E-state index >= 15 is 0 Å². The maximum Gasteiger partial charge on any atom is 0.244 e. The molecule has 0 aromatic carbocycles. The van der Waals surface area contributed by atoms with E-state index in [0.29, 0.717) is 12.1 Å². The summed E-state index contributed by atoms with van der Waals surface area (Å²) < 4.78 is 0. The van der Waals surface area contributed by atoms with Crippen molar-refractivity contribution in [2.45, 2.75) is 39.2 Å². The number of nitrogens with one attached hydrogen (secondary N) is 1. The van der Waals surface area contributed by atoms with Crippen molar-refractivity contribution >= 4 is 11.6 Å². The molecule has 4 heteroatoms. The van der Waals surface area contributed by atoms with E-state index in [4.69, 9.17) is 5.73 Å². The Kier molecular flexibility index (Phi) is 4.01. The average molecular weight is 221 g/mol. The third-order valence-corrected chi connectivity index (χ3v) is 2.42. The highest BCUT2D eigenvalue weighted by atomic mass is 16.2. The second-order valence-corrected chi connectivity index (χ2v) is 4.37. The number of carbonyl (C=O) groups is 1. The van der Waals surface area contributed by atoms with Gasteiger partial charge in [-0.25, -0.2) is 0 Å². The molecule has 1 heterocycles. The van der Waals surface area contributed by atoms with E-state index in [1.54, 1.807) is 19.3 Å². The molecule has 1 unspecified atom stereocenters. The standard InChI is InChI=1S/C12H19N3O/c1-4-5-12(3,13)11(16)15-10-6-9(2)7-14-8-10/h6-8H,4-5,13H2,1-3H3,(H,15,16). The van der Waals surface area contributed by atoms with Gasteiger partial charge >= 0.3 is 0 Å². The van der Waals surface area contributed by atoms with Gasteiger partial charge in [0, 0.05) is 6.20 Å². The first-order valence-corrected chi connectivity index (χ1v) is 5.47. The highest BCUT2D eigenvalue weighted by Crippen LogP contribution is 2.13. The molecule has 0 fully saturated rings. The molecule has 16 heavy (non-hydrogen) atoms. The van der Waals surface area contributed by atoms with Crippen molar-refractivity contribution < 1.29 is 4.79 Å². The number of aromatic nitrogens is 1. The van der Waals surface area contributed by atoms with Crippen LogP contribution in [0.1, 0.15) is 32.3 Å². The van der Waals surface area contributed by atoms with Crippen LogP contribution in [0.3, 0.4) is 0 Å². The number of amides is 1. The minimum Gasteiger partial charge on any atom is -0.323 e. The van der Waals surface area contributed by atoms with Crippen LogP contribution in [0.4, 0.5) is 5.69 Å². The second kappa shape index (κ2) is 5.07. The molecule has 1 aromatic rings. The number of pyridine rings is 1. The molecule has 0 aliphatic carbocycles. The van der Waals surface area contributed by atoms with Crippen LogP contribution in [-0.4, -0.2) is 16.4 Å².